The Morgan fingerprint density at radius 1 is 1.00 bits per heavy atom. The van der Waals surface area contributed by atoms with Crippen molar-refractivity contribution in [3.8, 4) is 0 Å². The maximum Gasteiger partial charge on any atom is 0.376 e. The Kier molecular flexibility index (Phi) is 6.27. The number of esters is 3. The second-order valence-corrected chi connectivity index (χ2v) is 10.7. The van der Waals surface area contributed by atoms with Crippen LogP contribution in [0.4, 0.5) is 8.78 Å². The fourth-order valence-electron chi connectivity index (χ4n) is 6.92. The van der Waals surface area contributed by atoms with Gasteiger partial charge in [0.1, 0.15) is 11.7 Å². The van der Waals surface area contributed by atoms with Gasteiger partial charge in [-0.15, -0.1) is 0 Å². The zero-order valence-electron chi connectivity index (χ0n) is 19.0. The van der Waals surface area contributed by atoms with E-state index in [0.29, 0.717) is 26.2 Å². The molecule has 0 aromatic rings. The number of alkyl halides is 2. The van der Waals surface area contributed by atoms with Crippen molar-refractivity contribution in [3.63, 3.8) is 0 Å². The van der Waals surface area contributed by atoms with Gasteiger partial charge in [0.2, 0.25) is 0 Å². The van der Waals surface area contributed by atoms with Crippen LogP contribution in [0.1, 0.15) is 84.5 Å². The fraction of sp³-hybridized carbons (Fsp3) is 0.875. The molecule has 6 nitrogen and oxygen atoms in total. The van der Waals surface area contributed by atoms with Gasteiger partial charge in [-0.2, -0.15) is 8.78 Å². The SMILES string of the molecule is CCC1(OC(=O)COC(=O)C23CC4CC(C2)C(OC(=O)C(C)(F)F)C(C4)C3)CCCCC1. The van der Waals surface area contributed by atoms with Gasteiger partial charge in [-0.25, -0.2) is 9.59 Å². The monoisotopic (exact) mass is 456 g/mol. The third kappa shape index (κ3) is 4.51. The first-order chi connectivity index (χ1) is 15.1. The van der Waals surface area contributed by atoms with E-state index < -0.39 is 47.6 Å². The lowest BCUT2D eigenvalue weighted by atomic mass is 9.48. The summed E-state index contributed by atoms with van der Waals surface area (Å²) in [6.07, 6.45) is 8.16. The Hall–Kier alpha value is -1.73. The van der Waals surface area contributed by atoms with Crippen LogP contribution in [0.3, 0.4) is 0 Å². The largest absolute Gasteiger partial charge is 0.457 e. The lowest BCUT2D eigenvalue weighted by Crippen LogP contribution is -2.58. The van der Waals surface area contributed by atoms with E-state index in [1.54, 1.807) is 0 Å². The van der Waals surface area contributed by atoms with Gasteiger partial charge < -0.3 is 14.2 Å². The Morgan fingerprint density at radius 3 is 2.19 bits per heavy atom. The number of carbonyl (C=O) groups is 3. The highest BCUT2D eigenvalue weighted by Gasteiger charge is 2.61. The molecule has 8 heteroatoms. The normalized spacial score (nSPS) is 35.2. The Bertz CT molecular complexity index is 738. The van der Waals surface area contributed by atoms with Crippen LogP contribution >= 0.6 is 0 Å². The van der Waals surface area contributed by atoms with Crippen molar-refractivity contribution in [2.45, 2.75) is 102 Å². The third-order valence-corrected chi connectivity index (χ3v) is 8.28. The van der Waals surface area contributed by atoms with E-state index in [9.17, 15) is 23.2 Å². The van der Waals surface area contributed by atoms with Crippen molar-refractivity contribution in [2.75, 3.05) is 6.61 Å². The molecule has 0 amide bonds. The zero-order valence-corrected chi connectivity index (χ0v) is 19.0. The minimum Gasteiger partial charge on any atom is -0.457 e. The molecule has 2 unspecified atom stereocenters. The Balaban J connectivity index is 1.35. The molecule has 5 aliphatic rings. The molecule has 5 aliphatic carbocycles. The van der Waals surface area contributed by atoms with Gasteiger partial charge in [-0.05, 0) is 82.0 Å². The maximum absolute atomic E-state index is 13.3. The van der Waals surface area contributed by atoms with Crippen molar-refractivity contribution < 1.29 is 37.4 Å². The van der Waals surface area contributed by atoms with E-state index in [4.69, 9.17) is 14.2 Å². The van der Waals surface area contributed by atoms with Gasteiger partial charge in [0.15, 0.2) is 6.61 Å². The minimum atomic E-state index is -3.53. The molecule has 180 valence electrons. The molecular weight excluding hydrogens is 422 g/mol. The predicted octanol–water partition coefficient (Wildman–Crippen LogP) is 4.58. The molecule has 32 heavy (non-hydrogen) atoms. The second kappa shape index (κ2) is 8.56. The molecular formula is C24H34F2O6. The molecule has 0 radical (unpaired) electrons. The Labute approximate surface area is 187 Å². The topological polar surface area (TPSA) is 78.9 Å². The molecule has 0 N–H and O–H groups in total. The summed E-state index contributed by atoms with van der Waals surface area (Å²) in [5.74, 6) is -5.91. The fourth-order valence-corrected chi connectivity index (χ4v) is 6.92. The van der Waals surface area contributed by atoms with Gasteiger partial charge in [0.05, 0.1) is 5.41 Å². The predicted molar refractivity (Wildman–Crippen MR) is 110 cm³/mol. The first-order valence-corrected chi connectivity index (χ1v) is 12.0. The summed E-state index contributed by atoms with van der Waals surface area (Å²) in [7, 11) is 0. The summed E-state index contributed by atoms with van der Waals surface area (Å²) >= 11 is 0. The van der Waals surface area contributed by atoms with Crippen molar-refractivity contribution in [1.82, 2.24) is 0 Å². The highest BCUT2D eigenvalue weighted by molar-refractivity contribution is 5.81. The van der Waals surface area contributed by atoms with Crippen LogP contribution in [0.25, 0.3) is 0 Å². The standard InChI is InChI=1S/C24H34F2O6/c1-3-24(7-5-4-6-8-24)32-18(27)14-30-21(29)23-11-15-9-16(12-23)19(17(10-15)13-23)31-20(28)22(2,25)26/h15-17,19H,3-14H2,1-2H3. The maximum atomic E-state index is 13.3. The summed E-state index contributed by atoms with van der Waals surface area (Å²) in [6.45, 7) is 2.15. The summed E-state index contributed by atoms with van der Waals surface area (Å²) in [5, 5.41) is 0. The number of hydrogen-bond donors (Lipinski definition) is 0. The molecule has 5 saturated carbocycles. The third-order valence-electron chi connectivity index (χ3n) is 8.28. The number of carbonyl (C=O) groups excluding carboxylic acids is 3. The molecule has 5 fully saturated rings. The van der Waals surface area contributed by atoms with Gasteiger partial charge in [-0.3, -0.25) is 4.79 Å². The van der Waals surface area contributed by atoms with Crippen LogP contribution in [-0.2, 0) is 28.6 Å². The average Bonchev–Trinajstić information content (AvgIpc) is 2.74. The number of hydrogen-bond acceptors (Lipinski definition) is 6. The average molecular weight is 457 g/mol. The van der Waals surface area contributed by atoms with Crippen LogP contribution in [0.2, 0.25) is 0 Å². The van der Waals surface area contributed by atoms with Crippen LogP contribution in [0, 0.1) is 23.2 Å². The highest BCUT2D eigenvalue weighted by Crippen LogP contribution is 2.61. The van der Waals surface area contributed by atoms with Gasteiger partial charge >= 0.3 is 23.8 Å². The van der Waals surface area contributed by atoms with Crippen LogP contribution < -0.4 is 0 Å². The van der Waals surface area contributed by atoms with Gasteiger partial charge in [-0.1, -0.05) is 13.3 Å². The highest BCUT2D eigenvalue weighted by atomic mass is 19.3. The van der Waals surface area contributed by atoms with E-state index in [0.717, 1.165) is 51.4 Å². The molecule has 0 heterocycles. The second-order valence-electron chi connectivity index (χ2n) is 10.7. The quantitative estimate of drug-likeness (QED) is 0.412. The molecule has 0 aromatic carbocycles. The number of rotatable bonds is 7. The van der Waals surface area contributed by atoms with Crippen molar-refractivity contribution in [3.05, 3.63) is 0 Å². The lowest BCUT2D eigenvalue weighted by molar-refractivity contribution is -0.208. The molecule has 2 atom stereocenters. The molecule has 0 aromatic heterocycles. The van der Waals surface area contributed by atoms with E-state index in [-0.39, 0.29) is 17.8 Å². The van der Waals surface area contributed by atoms with E-state index >= 15 is 0 Å². The summed E-state index contributed by atoms with van der Waals surface area (Å²) < 4.78 is 43.1. The van der Waals surface area contributed by atoms with Crippen LogP contribution in [-0.4, -0.2) is 42.1 Å². The van der Waals surface area contributed by atoms with Gasteiger partial charge in [0, 0.05) is 6.92 Å². The minimum absolute atomic E-state index is 0.127. The summed E-state index contributed by atoms with van der Waals surface area (Å²) in [6, 6.07) is 0. The number of ether oxygens (including phenoxy) is 3. The molecule has 0 saturated heterocycles. The van der Waals surface area contributed by atoms with Crippen LogP contribution in [0.15, 0.2) is 0 Å². The molecule has 4 bridgehead atoms. The smallest absolute Gasteiger partial charge is 0.376 e. The summed E-state index contributed by atoms with van der Waals surface area (Å²) in [4.78, 5) is 37.3. The van der Waals surface area contributed by atoms with Crippen molar-refractivity contribution in [2.24, 2.45) is 23.2 Å². The van der Waals surface area contributed by atoms with E-state index in [1.807, 2.05) is 6.92 Å². The van der Waals surface area contributed by atoms with Crippen LogP contribution in [0.5, 0.6) is 0 Å². The molecule has 0 aliphatic heterocycles. The number of halogens is 2. The first kappa shape index (κ1) is 23.4. The Morgan fingerprint density at radius 2 is 1.62 bits per heavy atom. The van der Waals surface area contributed by atoms with Crippen molar-refractivity contribution in [1.29, 1.82) is 0 Å². The van der Waals surface area contributed by atoms with E-state index in [2.05, 4.69) is 0 Å². The van der Waals surface area contributed by atoms with Gasteiger partial charge in [0.25, 0.3) is 0 Å². The first-order valence-electron chi connectivity index (χ1n) is 12.0. The van der Waals surface area contributed by atoms with E-state index in [1.165, 1.54) is 0 Å². The molecule has 0 spiro atoms. The molecule has 5 rings (SSSR count). The summed E-state index contributed by atoms with van der Waals surface area (Å²) in [5.41, 5.74) is -1.16. The van der Waals surface area contributed by atoms with Crippen molar-refractivity contribution >= 4 is 17.9 Å². The lowest BCUT2D eigenvalue weighted by Gasteiger charge is -2.57. The zero-order chi connectivity index (χ0) is 23.1.